The molecule has 0 spiro atoms. The first-order valence-corrected chi connectivity index (χ1v) is 6.79. The van der Waals surface area contributed by atoms with Crippen molar-refractivity contribution in [2.75, 3.05) is 0 Å². The molecule has 2 fully saturated rings. The van der Waals surface area contributed by atoms with Crippen molar-refractivity contribution >= 4 is 6.29 Å². The van der Waals surface area contributed by atoms with Gasteiger partial charge in [0.05, 0.1) is 0 Å². The lowest BCUT2D eigenvalue weighted by Crippen LogP contribution is -2.28. The van der Waals surface area contributed by atoms with Crippen LogP contribution in [0.4, 0.5) is 0 Å². The highest BCUT2D eigenvalue weighted by atomic mass is 16.1. The normalized spacial score (nSPS) is 25.7. The molecular weight excluding hydrogens is 184 g/mol. The van der Waals surface area contributed by atoms with Gasteiger partial charge in [0.25, 0.3) is 0 Å². The van der Waals surface area contributed by atoms with Crippen molar-refractivity contribution in [3.63, 3.8) is 0 Å². The van der Waals surface area contributed by atoms with Gasteiger partial charge < -0.3 is 0 Å². The van der Waals surface area contributed by atoms with Crippen LogP contribution in [0.1, 0.15) is 64.2 Å². The van der Waals surface area contributed by atoms with Crippen LogP contribution in [0.5, 0.6) is 0 Å². The van der Waals surface area contributed by atoms with Gasteiger partial charge in [0.2, 0.25) is 6.29 Å². The van der Waals surface area contributed by atoms with E-state index in [9.17, 15) is 4.79 Å². The van der Waals surface area contributed by atoms with Crippen molar-refractivity contribution in [1.82, 2.24) is 0 Å². The molecule has 0 aromatic rings. The van der Waals surface area contributed by atoms with E-state index in [0.29, 0.717) is 11.8 Å². The third kappa shape index (κ3) is 2.83. The topological polar surface area (TPSA) is 17.1 Å². The fourth-order valence-corrected chi connectivity index (χ4v) is 3.56. The first kappa shape index (κ1) is 11.2. The van der Waals surface area contributed by atoms with Gasteiger partial charge in [0, 0.05) is 5.92 Å². The van der Waals surface area contributed by atoms with Gasteiger partial charge >= 0.3 is 0 Å². The standard InChI is InChI=1S/C14H23O/c15-11-14(12-7-3-1-4-8-12)13-9-5-2-6-10-13/h12-14H,1-10H2. The monoisotopic (exact) mass is 207 g/mol. The smallest absolute Gasteiger partial charge is 0.202 e. The van der Waals surface area contributed by atoms with E-state index in [4.69, 9.17) is 0 Å². The Labute approximate surface area is 93.6 Å². The average molecular weight is 207 g/mol. The highest BCUT2D eigenvalue weighted by molar-refractivity contribution is 5.55. The van der Waals surface area contributed by atoms with E-state index in [0.717, 1.165) is 0 Å². The Bertz CT molecular complexity index is 170. The van der Waals surface area contributed by atoms with E-state index < -0.39 is 0 Å². The van der Waals surface area contributed by atoms with Gasteiger partial charge in [-0.1, -0.05) is 38.5 Å². The predicted octanol–water partition coefficient (Wildman–Crippen LogP) is 3.87. The molecule has 0 atom stereocenters. The maximum Gasteiger partial charge on any atom is 0.202 e. The summed E-state index contributed by atoms with van der Waals surface area (Å²) in [5.74, 6) is 1.64. The Morgan fingerprint density at radius 3 is 1.47 bits per heavy atom. The first-order valence-electron chi connectivity index (χ1n) is 6.79. The molecule has 2 saturated carbocycles. The van der Waals surface area contributed by atoms with E-state index >= 15 is 0 Å². The average Bonchev–Trinajstić information content (AvgIpc) is 2.33. The minimum absolute atomic E-state index is 0.283. The van der Waals surface area contributed by atoms with Crippen LogP contribution in [0.3, 0.4) is 0 Å². The molecule has 2 aliphatic carbocycles. The molecule has 85 valence electrons. The van der Waals surface area contributed by atoms with Crippen LogP contribution in [0.15, 0.2) is 0 Å². The zero-order valence-corrected chi connectivity index (χ0v) is 9.71. The number of carbonyl (C=O) groups excluding carboxylic acids is 1. The summed E-state index contributed by atoms with van der Waals surface area (Å²) in [6, 6.07) is 0. The minimum Gasteiger partial charge on any atom is -0.291 e. The molecule has 0 N–H and O–H groups in total. The molecular formula is C14H23O. The lowest BCUT2D eigenvalue weighted by Gasteiger charge is -2.33. The van der Waals surface area contributed by atoms with Gasteiger partial charge in [-0.15, -0.1) is 0 Å². The van der Waals surface area contributed by atoms with E-state index in [1.807, 2.05) is 0 Å². The second-order valence-electron chi connectivity index (χ2n) is 5.44. The predicted molar refractivity (Wildman–Crippen MR) is 62.3 cm³/mol. The molecule has 0 bridgehead atoms. The Morgan fingerprint density at radius 2 is 1.13 bits per heavy atom. The van der Waals surface area contributed by atoms with Gasteiger partial charge in [-0.2, -0.15) is 0 Å². The van der Waals surface area contributed by atoms with Crippen molar-refractivity contribution in [2.45, 2.75) is 64.2 Å². The first-order chi connectivity index (χ1) is 7.42. The fourth-order valence-electron chi connectivity index (χ4n) is 3.56. The summed E-state index contributed by atoms with van der Waals surface area (Å²) in [6.07, 6.45) is 15.7. The molecule has 1 radical (unpaired) electrons. The highest BCUT2D eigenvalue weighted by Gasteiger charge is 2.31. The molecule has 0 unspecified atom stereocenters. The largest absolute Gasteiger partial charge is 0.291 e. The van der Waals surface area contributed by atoms with E-state index in [1.165, 1.54) is 64.2 Å². The summed E-state index contributed by atoms with van der Waals surface area (Å²) in [7, 11) is 0. The molecule has 1 nitrogen and oxygen atoms in total. The minimum atomic E-state index is 0.283. The van der Waals surface area contributed by atoms with Gasteiger partial charge in [-0.25, -0.2) is 0 Å². The molecule has 0 amide bonds. The summed E-state index contributed by atoms with van der Waals surface area (Å²) >= 11 is 0. The Morgan fingerprint density at radius 1 is 0.733 bits per heavy atom. The van der Waals surface area contributed by atoms with E-state index in [2.05, 4.69) is 6.29 Å². The number of hydrogen-bond acceptors (Lipinski definition) is 1. The fraction of sp³-hybridized carbons (Fsp3) is 0.929. The SMILES string of the molecule is O=[C]C(C1CCCCC1)C1CCCCC1. The second-order valence-corrected chi connectivity index (χ2v) is 5.44. The van der Waals surface area contributed by atoms with Crippen LogP contribution in [-0.4, -0.2) is 6.29 Å². The maximum atomic E-state index is 11.2. The van der Waals surface area contributed by atoms with Gasteiger partial charge in [0.15, 0.2) is 0 Å². The molecule has 2 aliphatic rings. The molecule has 0 heterocycles. The van der Waals surface area contributed by atoms with E-state index in [-0.39, 0.29) is 5.92 Å². The van der Waals surface area contributed by atoms with Crippen molar-refractivity contribution in [3.8, 4) is 0 Å². The van der Waals surface area contributed by atoms with Gasteiger partial charge in [0.1, 0.15) is 0 Å². The molecule has 0 aliphatic heterocycles. The third-order valence-corrected chi connectivity index (χ3v) is 4.45. The van der Waals surface area contributed by atoms with Crippen LogP contribution in [0.25, 0.3) is 0 Å². The van der Waals surface area contributed by atoms with Gasteiger partial charge in [-0.3, -0.25) is 4.79 Å². The van der Waals surface area contributed by atoms with Crippen molar-refractivity contribution in [1.29, 1.82) is 0 Å². The maximum absolute atomic E-state index is 11.2. The summed E-state index contributed by atoms with van der Waals surface area (Å²) in [5.41, 5.74) is 0. The number of hydrogen-bond donors (Lipinski definition) is 0. The molecule has 1 heteroatoms. The lowest BCUT2D eigenvalue weighted by molar-refractivity contribution is 0.192. The Kier molecular flexibility index (Phi) is 4.22. The summed E-state index contributed by atoms with van der Waals surface area (Å²) in [4.78, 5) is 11.2. The van der Waals surface area contributed by atoms with Crippen LogP contribution in [0, 0.1) is 17.8 Å². The van der Waals surface area contributed by atoms with Crippen LogP contribution in [-0.2, 0) is 4.79 Å². The molecule has 0 saturated heterocycles. The Hall–Kier alpha value is -0.330. The van der Waals surface area contributed by atoms with Crippen LogP contribution >= 0.6 is 0 Å². The van der Waals surface area contributed by atoms with Gasteiger partial charge in [-0.05, 0) is 37.5 Å². The Balaban J connectivity index is 1.91. The molecule has 0 aromatic carbocycles. The second kappa shape index (κ2) is 5.67. The molecule has 0 aromatic heterocycles. The van der Waals surface area contributed by atoms with E-state index in [1.54, 1.807) is 0 Å². The zero-order chi connectivity index (χ0) is 10.5. The van der Waals surface area contributed by atoms with Crippen LogP contribution in [0.2, 0.25) is 0 Å². The van der Waals surface area contributed by atoms with Crippen molar-refractivity contribution < 1.29 is 4.79 Å². The summed E-state index contributed by atoms with van der Waals surface area (Å²) in [6.45, 7) is 0. The summed E-state index contributed by atoms with van der Waals surface area (Å²) in [5, 5.41) is 0. The van der Waals surface area contributed by atoms with Crippen LogP contribution < -0.4 is 0 Å². The van der Waals surface area contributed by atoms with Crippen molar-refractivity contribution in [2.24, 2.45) is 17.8 Å². The summed E-state index contributed by atoms with van der Waals surface area (Å²) < 4.78 is 0. The zero-order valence-electron chi connectivity index (χ0n) is 9.71. The third-order valence-electron chi connectivity index (χ3n) is 4.45. The lowest BCUT2D eigenvalue weighted by atomic mass is 9.70. The number of rotatable bonds is 3. The molecule has 15 heavy (non-hydrogen) atoms. The quantitative estimate of drug-likeness (QED) is 0.686. The highest BCUT2D eigenvalue weighted by Crippen LogP contribution is 2.38. The molecule has 2 rings (SSSR count). The van der Waals surface area contributed by atoms with Crippen molar-refractivity contribution in [3.05, 3.63) is 0 Å².